The van der Waals surface area contributed by atoms with Gasteiger partial charge in [-0.1, -0.05) is 37.2 Å². The second-order valence-electron chi connectivity index (χ2n) is 7.62. The highest BCUT2D eigenvalue weighted by molar-refractivity contribution is 5.66. The maximum absolute atomic E-state index is 13.6. The van der Waals surface area contributed by atoms with Crippen molar-refractivity contribution in [3.63, 3.8) is 0 Å². The molecule has 5 nitrogen and oxygen atoms in total. The number of carbonyl (C=O) groups is 1. The molecule has 1 saturated carbocycles. The first-order valence-corrected chi connectivity index (χ1v) is 10.2. The van der Waals surface area contributed by atoms with Gasteiger partial charge in [0.1, 0.15) is 17.7 Å². The van der Waals surface area contributed by atoms with Gasteiger partial charge >= 0.3 is 5.97 Å². The molecule has 30 heavy (non-hydrogen) atoms. The molecule has 0 bridgehead atoms. The zero-order chi connectivity index (χ0) is 22.1. The summed E-state index contributed by atoms with van der Waals surface area (Å²) in [6.45, 7) is 0. The Kier molecular flexibility index (Phi) is 9.44. The summed E-state index contributed by atoms with van der Waals surface area (Å²) in [5, 5.41) is 39.2. The smallest absolute Gasteiger partial charge is 0.303 e. The summed E-state index contributed by atoms with van der Waals surface area (Å²) in [4.78, 5) is 10.5. The Morgan fingerprint density at radius 1 is 1.20 bits per heavy atom. The molecule has 1 aliphatic carbocycles. The van der Waals surface area contributed by atoms with Crippen molar-refractivity contribution < 1.29 is 34.0 Å². The van der Waals surface area contributed by atoms with E-state index < -0.39 is 35.9 Å². The van der Waals surface area contributed by atoms with E-state index in [-0.39, 0.29) is 30.7 Å². The highest BCUT2D eigenvalue weighted by atomic mass is 19.1. The Morgan fingerprint density at radius 2 is 1.93 bits per heavy atom. The Bertz CT molecular complexity index is 812. The van der Waals surface area contributed by atoms with Crippen molar-refractivity contribution in [3.8, 4) is 11.8 Å². The lowest BCUT2D eigenvalue weighted by Crippen LogP contribution is -2.15. The molecule has 0 spiro atoms. The van der Waals surface area contributed by atoms with E-state index in [1.165, 1.54) is 0 Å². The Hall–Kier alpha value is -2.27. The average molecular weight is 422 g/mol. The van der Waals surface area contributed by atoms with Gasteiger partial charge in [-0.2, -0.15) is 0 Å². The van der Waals surface area contributed by atoms with Crippen molar-refractivity contribution in [2.75, 3.05) is 0 Å². The average Bonchev–Trinajstić information content (AvgIpc) is 2.95. The molecule has 4 atom stereocenters. The Labute approximate surface area is 175 Å². The fraction of sp³-hybridized carbons (Fsp3) is 0.522. The van der Waals surface area contributed by atoms with Gasteiger partial charge in [-0.15, -0.1) is 0 Å². The van der Waals surface area contributed by atoms with Gasteiger partial charge in [0.05, 0.1) is 17.8 Å². The quantitative estimate of drug-likeness (QED) is 0.278. The molecule has 1 fully saturated rings. The molecule has 0 saturated heterocycles. The SMILES string of the molecule is O=C(O)CCCCCCC1/C(=C\CC(O)C#Cc2cc(F)ccc2F)[C@H](O)C[C@@H]1O. The van der Waals surface area contributed by atoms with Crippen LogP contribution in [0.25, 0.3) is 0 Å². The van der Waals surface area contributed by atoms with E-state index in [0.29, 0.717) is 18.4 Å². The van der Waals surface area contributed by atoms with Crippen molar-refractivity contribution in [1.29, 1.82) is 0 Å². The van der Waals surface area contributed by atoms with Gasteiger partial charge in [0.2, 0.25) is 0 Å². The van der Waals surface area contributed by atoms with Crippen molar-refractivity contribution in [1.82, 2.24) is 0 Å². The van der Waals surface area contributed by atoms with E-state index in [9.17, 15) is 28.9 Å². The minimum absolute atomic E-state index is 0.0954. The van der Waals surface area contributed by atoms with Crippen LogP contribution in [-0.4, -0.2) is 44.7 Å². The van der Waals surface area contributed by atoms with Crippen LogP contribution in [0.4, 0.5) is 8.78 Å². The predicted molar refractivity (Wildman–Crippen MR) is 107 cm³/mol. The van der Waals surface area contributed by atoms with Gasteiger partial charge in [0.25, 0.3) is 0 Å². The highest BCUT2D eigenvalue weighted by Gasteiger charge is 2.35. The number of benzene rings is 1. The summed E-state index contributed by atoms with van der Waals surface area (Å²) < 4.78 is 26.7. The number of rotatable bonds is 9. The number of unbranched alkanes of at least 4 members (excludes halogenated alkanes) is 3. The van der Waals surface area contributed by atoms with Crippen LogP contribution in [0, 0.1) is 29.4 Å². The minimum Gasteiger partial charge on any atom is -0.481 e. The molecule has 4 N–H and O–H groups in total. The second-order valence-corrected chi connectivity index (χ2v) is 7.62. The summed E-state index contributed by atoms with van der Waals surface area (Å²) >= 11 is 0. The van der Waals surface area contributed by atoms with Crippen LogP contribution in [0.15, 0.2) is 29.8 Å². The fourth-order valence-electron chi connectivity index (χ4n) is 3.70. The lowest BCUT2D eigenvalue weighted by Gasteiger charge is -2.17. The van der Waals surface area contributed by atoms with Crippen LogP contribution in [-0.2, 0) is 4.79 Å². The summed E-state index contributed by atoms with van der Waals surface area (Å²) in [6, 6.07) is 2.91. The molecular weight excluding hydrogens is 394 g/mol. The topological polar surface area (TPSA) is 98.0 Å². The second kappa shape index (κ2) is 11.8. The molecule has 1 aliphatic rings. The molecule has 0 aliphatic heterocycles. The highest BCUT2D eigenvalue weighted by Crippen LogP contribution is 2.36. The summed E-state index contributed by atoms with van der Waals surface area (Å²) in [5.74, 6) is 2.57. The summed E-state index contributed by atoms with van der Waals surface area (Å²) in [7, 11) is 0. The molecule has 7 heteroatoms. The van der Waals surface area contributed by atoms with Gasteiger partial charge in [-0.05, 0) is 36.6 Å². The first-order chi connectivity index (χ1) is 14.3. The van der Waals surface area contributed by atoms with Crippen molar-refractivity contribution in [2.24, 2.45) is 5.92 Å². The van der Waals surface area contributed by atoms with Crippen LogP contribution in [0.2, 0.25) is 0 Å². The molecule has 1 aromatic rings. The van der Waals surface area contributed by atoms with Gasteiger partial charge < -0.3 is 20.4 Å². The number of hydrogen-bond acceptors (Lipinski definition) is 4. The van der Waals surface area contributed by atoms with Crippen LogP contribution < -0.4 is 0 Å². The third kappa shape index (κ3) is 7.52. The van der Waals surface area contributed by atoms with E-state index in [2.05, 4.69) is 11.8 Å². The third-order valence-electron chi connectivity index (χ3n) is 5.28. The lowest BCUT2D eigenvalue weighted by molar-refractivity contribution is -0.137. The minimum atomic E-state index is -1.12. The number of hydrogen-bond donors (Lipinski definition) is 4. The third-order valence-corrected chi connectivity index (χ3v) is 5.28. The fourth-order valence-corrected chi connectivity index (χ4v) is 3.70. The molecule has 2 rings (SSSR count). The lowest BCUT2D eigenvalue weighted by atomic mass is 9.92. The first-order valence-electron chi connectivity index (χ1n) is 10.2. The molecule has 1 aromatic carbocycles. The zero-order valence-corrected chi connectivity index (χ0v) is 16.7. The first kappa shape index (κ1) is 24.0. The van der Waals surface area contributed by atoms with Gasteiger partial charge in [-0.25, -0.2) is 8.78 Å². The summed E-state index contributed by atoms with van der Waals surface area (Å²) in [6.07, 6.45) is 3.25. The molecule has 0 amide bonds. The predicted octanol–water partition coefficient (Wildman–Crippen LogP) is 3.16. The molecular formula is C23H28F2O5. The standard InChI is InChI=1S/C23H28F2O5/c24-16-8-12-20(25)15(13-16)7-9-17(26)10-11-19-18(21(27)14-22(19)28)5-3-1-2-4-6-23(29)30/h8,11-13,17-18,21-22,26-28H,1-6,10,14H2,(H,29,30)/b19-11+/t17?,18?,21-,22+/m0/s1. The largest absolute Gasteiger partial charge is 0.481 e. The van der Waals surface area contributed by atoms with Crippen LogP contribution in [0.5, 0.6) is 0 Å². The maximum atomic E-state index is 13.6. The van der Waals surface area contributed by atoms with Gasteiger partial charge in [0, 0.05) is 25.2 Å². The number of aliphatic hydroxyl groups is 3. The van der Waals surface area contributed by atoms with E-state index >= 15 is 0 Å². The van der Waals surface area contributed by atoms with Crippen molar-refractivity contribution in [2.45, 2.75) is 69.7 Å². The van der Waals surface area contributed by atoms with E-state index in [4.69, 9.17) is 5.11 Å². The monoisotopic (exact) mass is 422 g/mol. The molecule has 0 heterocycles. The van der Waals surface area contributed by atoms with Gasteiger partial charge in [-0.3, -0.25) is 4.79 Å². The number of aliphatic carboxylic acids is 1. The van der Waals surface area contributed by atoms with E-state index in [1.807, 2.05) is 0 Å². The maximum Gasteiger partial charge on any atom is 0.303 e. The molecule has 0 radical (unpaired) electrons. The summed E-state index contributed by atoms with van der Waals surface area (Å²) in [5.41, 5.74) is 0.518. The van der Waals surface area contributed by atoms with E-state index in [0.717, 1.165) is 37.5 Å². The van der Waals surface area contributed by atoms with Crippen molar-refractivity contribution in [3.05, 3.63) is 47.0 Å². The Balaban J connectivity index is 1.90. The van der Waals surface area contributed by atoms with E-state index in [1.54, 1.807) is 6.08 Å². The van der Waals surface area contributed by atoms with Gasteiger partial charge in [0.15, 0.2) is 0 Å². The molecule has 0 aromatic heterocycles. The number of carboxylic acid groups (broad SMARTS) is 1. The number of aliphatic hydroxyl groups excluding tert-OH is 3. The van der Waals surface area contributed by atoms with Crippen LogP contribution >= 0.6 is 0 Å². The zero-order valence-electron chi connectivity index (χ0n) is 16.7. The van der Waals surface area contributed by atoms with Crippen LogP contribution in [0.3, 0.4) is 0 Å². The number of halogens is 2. The normalized spacial score (nSPS) is 23.2. The number of carboxylic acids is 1. The molecule has 2 unspecified atom stereocenters. The van der Waals surface area contributed by atoms with Crippen molar-refractivity contribution >= 4 is 5.97 Å². The molecule has 164 valence electrons. The Morgan fingerprint density at radius 3 is 2.67 bits per heavy atom. The van der Waals surface area contributed by atoms with Crippen LogP contribution in [0.1, 0.15) is 56.9 Å².